The van der Waals surface area contributed by atoms with Crippen molar-refractivity contribution in [2.45, 2.75) is 19.9 Å². The normalized spacial score (nSPS) is 12.1. The van der Waals surface area contributed by atoms with Crippen LogP contribution in [-0.2, 0) is 4.79 Å². The Bertz CT molecular complexity index is 1100. The van der Waals surface area contributed by atoms with Gasteiger partial charge in [-0.25, -0.2) is 4.98 Å². The van der Waals surface area contributed by atoms with Gasteiger partial charge in [0.1, 0.15) is 11.6 Å². The molecule has 1 heterocycles. The van der Waals surface area contributed by atoms with Crippen molar-refractivity contribution in [2.75, 3.05) is 6.61 Å². The average molecular weight is 399 g/mol. The van der Waals surface area contributed by atoms with E-state index in [1.165, 1.54) is 0 Å². The topological polar surface area (TPSA) is 67.0 Å². The van der Waals surface area contributed by atoms with Crippen molar-refractivity contribution in [3.05, 3.63) is 84.7 Å². The fourth-order valence-corrected chi connectivity index (χ4v) is 3.48. The van der Waals surface area contributed by atoms with Crippen LogP contribution in [0.4, 0.5) is 0 Å². The number of carbonyl (C=O) groups is 1. The number of para-hydroxylation sites is 3. The van der Waals surface area contributed by atoms with Crippen LogP contribution in [0.3, 0.4) is 0 Å². The van der Waals surface area contributed by atoms with Crippen LogP contribution in [0.1, 0.15) is 25.7 Å². The maximum absolute atomic E-state index is 12.7. The third-order valence-electron chi connectivity index (χ3n) is 5.02. The fourth-order valence-electron chi connectivity index (χ4n) is 3.48. The van der Waals surface area contributed by atoms with E-state index in [-0.39, 0.29) is 24.5 Å². The minimum absolute atomic E-state index is 0.0622. The predicted octanol–water partition coefficient (Wildman–Crippen LogP) is 5.12. The zero-order chi connectivity index (χ0) is 20.9. The molecule has 0 aliphatic carbocycles. The van der Waals surface area contributed by atoms with Gasteiger partial charge in [-0.2, -0.15) is 0 Å². The predicted molar refractivity (Wildman–Crippen MR) is 119 cm³/mol. The number of imidazole rings is 1. The summed E-state index contributed by atoms with van der Waals surface area (Å²) in [7, 11) is 0. The molecule has 0 saturated heterocycles. The number of hydrogen-bond donors (Lipinski definition) is 2. The maximum atomic E-state index is 12.7. The van der Waals surface area contributed by atoms with E-state index in [2.05, 4.69) is 29.1 Å². The van der Waals surface area contributed by atoms with E-state index in [9.17, 15) is 4.79 Å². The summed E-state index contributed by atoms with van der Waals surface area (Å²) in [5.41, 5.74) is 3.86. The Morgan fingerprint density at radius 2 is 1.67 bits per heavy atom. The van der Waals surface area contributed by atoms with Gasteiger partial charge >= 0.3 is 0 Å². The van der Waals surface area contributed by atoms with Crippen LogP contribution in [0, 0.1) is 5.92 Å². The van der Waals surface area contributed by atoms with Gasteiger partial charge in [-0.1, -0.05) is 74.5 Å². The number of benzene rings is 3. The molecule has 5 nitrogen and oxygen atoms in total. The third-order valence-corrected chi connectivity index (χ3v) is 5.02. The van der Waals surface area contributed by atoms with Crippen molar-refractivity contribution >= 4 is 16.9 Å². The van der Waals surface area contributed by atoms with Gasteiger partial charge in [-0.05, 0) is 29.7 Å². The van der Waals surface area contributed by atoms with Gasteiger partial charge in [0.15, 0.2) is 6.61 Å². The monoisotopic (exact) mass is 399 g/mol. The molecule has 1 amide bonds. The Morgan fingerprint density at radius 1 is 0.967 bits per heavy atom. The lowest BCUT2D eigenvalue weighted by Gasteiger charge is -2.20. The second-order valence-electron chi connectivity index (χ2n) is 7.58. The van der Waals surface area contributed by atoms with Gasteiger partial charge < -0.3 is 15.0 Å². The van der Waals surface area contributed by atoms with Crippen molar-refractivity contribution in [3.63, 3.8) is 0 Å². The summed E-state index contributed by atoms with van der Waals surface area (Å²) in [6.45, 7) is 4.06. The molecule has 0 aliphatic heterocycles. The number of H-pyrrole nitrogens is 1. The molecule has 0 bridgehead atoms. The van der Waals surface area contributed by atoms with Crippen LogP contribution in [0.2, 0.25) is 0 Å². The van der Waals surface area contributed by atoms with Crippen molar-refractivity contribution in [1.29, 1.82) is 0 Å². The summed E-state index contributed by atoms with van der Waals surface area (Å²) in [6.07, 6.45) is 0. The first-order valence-electron chi connectivity index (χ1n) is 10.1. The molecule has 4 rings (SSSR count). The lowest BCUT2D eigenvalue weighted by atomic mass is 10.0. The molecule has 1 aromatic heterocycles. The van der Waals surface area contributed by atoms with Crippen LogP contribution in [0.5, 0.6) is 5.75 Å². The largest absolute Gasteiger partial charge is 0.483 e. The van der Waals surface area contributed by atoms with E-state index in [1.54, 1.807) is 0 Å². The van der Waals surface area contributed by atoms with E-state index < -0.39 is 0 Å². The minimum atomic E-state index is -0.224. The highest BCUT2D eigenvalue weighted by Crippen LogP contribution is 2.29. The first kappa shape index (κ1) is 19.7. The number of aromatic nitrogens is 2. The van der Waals surface area contributed by atoms with Gasteiger partial charge in [0.25, 0.3) is 5.91 Å². The summed E-state index contributed by atoms with van der Waals surface area (Å²) >= 11 is 0. The van der Waals surface area contributed by atoms with Gasteiger partial charge in [0.05, 0.1) is 17.1 Å². The minimum Gasteiger partial charge on any atom is -0.483 e. The van der Waals surface area contributed by atoms with Crippen LogP contribution in [-0.4, -0.2) is 22.5 Å². The number of nitrogens with one attached hydrogen (secondary N) is 2. The highest BCUT2D eigenvalue weighted by Gasteiger charge is 2.22. The zero-order valence-electron chi connectivity index (χ0n) is 17.1. The molecule has 0 saturated carbocycles. The number of aromatic amines is 1. The van der Waals surface area contributed by atoms with Crippen LogP contribution in [0.15, 0.2) is 78.9 Å². The number of hydrogen-bond acceptors (Lipinski definition) is 3. The Hall–Kier alpha value is -3.60. The molecular weight excluding hydrogens is 374 g/mol. The summed E-state index contributed by atoms with van der Waals surface area (Å²) in [5.74, 6) is 1.43. The number of fused-ring (bicyclic) bond motifs is 1. The Morgan fingerprint density at radius 3 is 2.43 bits per heavy atom. The number of nitrogens with zero attached hydrogens (tertiary/aromatic N) is 1. The van der Waals surface area contributed by atoms with Crippen LogP contribution in [0.25, 0.3) is 22.2 Å². The second-order valence-corrected chi connectivity index (χ2v) is 7.58. The fraction of sp³-hybridized carbons (Fsp3) is 0.200. The summed E-state index contributed by atoms with van der Waals surface area (Å²) in [4.78, 5) is 20.7. The maximum Gasteiger partial charge on any atom is 0.258 e. The smallest absolute Gasteiger partial charge is 0.258 e. The molecule has 30 heavy (non-hydrogen) atoms. The molecule has 0 spiro atoms. The highest BCUT2D eigenvalue weighted by atomic mass is 16.5. The highest BCUT2D eigenvalue weighted by molar-refractivity contribution is 5.79. The van der Waals surface area contributed by atoms with Gasteiger partial charge in [0.2, 0.25) is 0 Å². The Balaban J connectivity index is 1.46. The SMILES string of the molecule is CC(C)C(NC(=O)COc1ccccc1-c1ccccc1)c1nc2ccccc2[nH]1. The van der Waals surface area contributed by atoms with E-state index >= 15 is 0 Å². The first-order chi connectivity index (χ1) is 14.6. The molecule has 3 aromatic carbocycles. The van der Waals surface area contributed by atoms with Gasteiger partial charge in [-0.15, -0.1) is 0 Å². The third kappa shape index (κ3) is 4.35. The first-order valence-corrected chi connectivity index (χ1v) is 10.1. The Kier molecular flexibility index (Phi) is 5.80. The van der Waals surface area contributed by atoms with E-state index in [1.807, 2.05) is 78.9 Å². The molecule has 4 aromatic rings. The summed E-state index contributed by atoms with van der Waals surface area (Å²) < 4.78 is 5.89. The Labute approximate surface area is 176 Å². The molecule has 0 fully saturated rings. The average Bonchev–Trinajstić information content (AvgIpc) is 3.20. The molecule has 2 N–H and O–H groups in total. The molecule has 152 valence electrons. The summed E-state index contributed by atoms with van der Waals surface area (Å²) in [5, 5.41) is 3.07. The number of amides is 1. The van der Waals surface area contributed by atoms with E-state index in [0.29, 0.717) is 5.75 Å². The van der Waals surface area contributed by atoms with Gasteiger partial charge in [0, 0.05) is 5.56 Å². The van der Waals surface area contributed by atoms with Crippen molar-refractivity contribution in [1.82, 2.24) is 15.3 Å². The number of ether oxygens (including phenoxy) is 1. The molecule has 0 radical (unpaired) electrons. The molecule has 1 atom stereocenters. The number of carbonyl (C=O) groups excluding carboxylic acids is 1. The van der Waals surface area contributed by atoms with E-state index in [4.69, 9.17) is 4.74 Å². The van der Waals surface area contributed by atoms with Gasteiger partial charge in [-0.3, -0.25) is 4.79 Å². The molecule has 0 aliphatic rings. The quantitative estimate of drug-likeness (QED) is 0.453. The summed E-state index contributed by atoms with van der Waals surface area (Å²) in [6, 6.07) is 25.4. The van der Waals surface area contributed by atoms with Crippen molar-refractivity contribution in [3.8, 4) is 16.9 Å². The van der Waals surface area contributed by atoms with Crippen molar-refractivity contribution in [2.24, 2.45) is 5.92 Å². The second kappa shape index (κ2) is 8.82. The van der Waals surface area contributed by atoms with Crippen molar-refractivity contribution < 1.29 is 9.53 Å². The molecular formula is C25H25N3O2. The zero-order valence-corrected chi connectivity index (χ0v) is 17.1. The van der Waals surface area contributed by atoms with Crippen LogP contribution >= 0.6 is 0 Å². The lowest BCUT2D eigenvalue weighted by Crippen LogP contribution is -2.35. The lowest BCUT2D eigenvalue weighted by molar-refractivity contribution is -0.124. The molecule has 5 heteroatoms. The van der Waals surface area contributed by atoms with E-state index in [0.717, 1.165) is 28.0 Å². The van der Waals surface area contributed by atoms with Crippen LogP contribution < -0.4 is 10.1 Å². The number of rotatable bonds is 7. The molecule has 1 unspecified atom stereocenters. The standard InChI is InChI=1S/C25H25N3O2/c1-17(2)24(25-26-20-13-7-8-14-21(20)27-25)28-23(29)16-30-22-15-9-6-12-19(22)18-10-4-3-5-11-18/h3-15,17,24H,16H2,1-2H3,(H,26,27)(H,28,29).